The van der Waals surface area contributed by atoms with E-state index in [-0.39, 0.29) is 16.8 Å². The molecule has 2 aliphatic heterocycles. The molecule has 1 fully saturated rings. The molecule has 1 atom stereocenters. The lowest BCUT2D eigenvalue weighted by molar-refractivity contribution is -0.146. The molecule has 2 aliphatic rings. The maximum atomic E-state index is 12.1. The fourth-order valence-corrected chi connectivity index (χ4v) is 4.07. The molecule has 6 nitrogen and oxygen atoms in total. The van der Waals surface area contributed by atoms with Crippen molar-refractivity contribution in [3.8, 4) is 0 Å². The van der Waals surface area contributed by atoms with Gasteiger partial charge in [0.2, 0.25) is 0 Å². The van der Waals surface area contributed by atoms with Crippen molar-refractivity contribution in [1.29, 1.82) is 0 Å². The highest BCUT2D eigenvalue weighted by Gasteiger charge is 2.35. The van der Waals surface area contributed by atoms with Gasteiger partial charge in [-0.05, 0) is 25.0 Å². The summed E-state index contributed by atoms with van der Waals surface area (Å²) in [5, 5.41) is 0. The fraction of sp³-hybridized carbons (Fsp3) is 0.429. The number of hydrogen-bond donors (Lipinski definition) is 0. The SMILES string of the molecule is COC(=O)[C@@H]1CCCN(C2=NS(=O)(=O)c3ccccc32)C1. The van der Waals surface area contributed by atoms with Crippen LogP contribution in [0.25, 0.3) is 0 Å². The van der Waals surface area contributed by atoms with E-state index in [0.717, 1.165) is 12.8 Å². The van der Waals surface area contributed by atoms with Gasteiger partial charge >= 0.3 is 5.97 Å². The highest BCUT2D eigenvalue weighted by Crippen LogP contribution is 2.29. The Morgan fingerprint density at radius 3 is 2.90 bits per heavy atom. The van der Waals surface area contributed by atoms with Crippen LogP contribution in [0.5, 0.6) is 0 Å². The first-order chi connectivity index (χ1) is 10.0. The van der Waals surface area contributed by atoms with Crippen molar-refractivity contribution >= 4 is 21.8 Å². The predicted molar refractivity (Wildman–Crippen MR) is 76.5 cm³/mol. The van der Waals surface area contributed by atoms with Crippen molar-refractivity contribution in [2.24, 2.45) is 10.3 Å². The van der Waals surface area contributed by atoms with Gasteiger partial charge in [-0.2, -0.15) is 8.42 Å². The number of likely N-dealkylation sites (tertiary alicyclic amines) is 1. The Morgan fingerprint density at radius 2 is 2.14 bits per heavy atom. The summed E-state index contributed by atoms with van der Waals surface area (Å²) >= 11 is 0. The first kappa shape index (κ1) is 14.1. The van der Waals surface area contributed by atoms with Gasteiger partial charge in [0.15, 0.2) is 5.84 Å². The lowest BCUT2D eigenvalue weighted by atomic mass is 9.97. The molecule has 21 heavy (non-hydrogen) atoms. The van der Waals surface area contributed by atoms with Crippen molar-refractivity contribution < 1.29 is 17.9 Å². The molecule has 0 amide bonds. The van der Waals surface area contributed by atoms with E-state index in [4.69, 9.17) is 4.74 Å². The molecule has 0 N–H and O–H groups in total. The number of benzene rings is 1. The number of fused-ring (bicyclic) bond motifs is 1. The summed E-state index contributed by atoms with van der Waals surface area (Å²) in [6, 6.07) is 6.78. The minimum Gasteiger partial charge on any atom is -0.469 e. The molecule has 3 rings (SSSR count). The van der Waals surface area contributed by atoms with Gasteiger partial charge in [-0.1, -0.05) is 12.1 Å². The van der Waals surface area contributed by atoms with Gasteiger partial charge in [0, 0.05) is 18.7 Å². The van der Waals surface area contributed by atoms with E-state index in [2.05, 4.69) is 4.40 Å². The van der Waals surface area contributed by atoms with Crippen LogP contribution in [-0.2, 0) is 19.6 Å². The van der Waals surface area contributed by atoms with Crippen molar-refractivity contribution in [2.75, 3.05) is 20.2 Å². The Kier molecular flexibility index (Phi) is 3.44. The maximum Gasteiger partial charge on any atom is 0.310 e. The second-order valence-electron chi connectivity index (χ2n) is 5.19. The van der Waals surface area contributed by atoms with Crippen LogP contribution in [0, 0.1) is 5.92 Å². The standard InChI is InChI=1S/C14H16N2O4S/c1-20-14(17)10-5-4-8-16(9-10)13-11-6-2-3-7-12(11)21(18,19)15-13/h2-3,6-7,10H,4-5,8-9H2,1H3/t10-/m1/s1. The zero-order valence-electron chi connectivity index (χ0n) is 11.7. The van der Waals surface area contributed by atoms with Gasteiger partial charge in [0.25, 0.3) is 10.0 Å². The Bertz CT molecular complexity index is 711. The van der Waals surface area contributed by atoms with Crippen LogP contribution in [-0.4, -0.2) is 45.3 Å². The molecular formula is C14H16N2O4S. The molecule has 1 aromatic rings. The number of amidine groups is 1. The first-order valence-corrected chi connectivity index (χ1v) is 8.24. The van der Waals surface area contributed by atoms with Gasteiger partial charge in [0.05, 0.1) is 13.0 Å². The number of sulfonamides is 1. The van der Waals surface area contributed by atoms with Gasteiger partial charge < -0.3 is 9.64 Å². The summed E-state index contributed by atoms with van der Waals surface area (Å²) in [6.45, 7) is 1.13. The van der Waals surface area contributed by atoms with E-state index in [1.54, 1.807) is 24.3 Å². The summed E-state index contributed by atoms with van der Waals surface area (Å²) in [5.41, 5.74) is 0.614. The van der Waals surface area contributed by atoms with E-state index in [9.17, 15) is 13.2 Å². The van der Waals surface area contributed by atoms with Crippen LogP contribution in [0.15, 0.2) is 33.6 Å². The van der Waals surface area contributed by atoms with Crippen LogP contribution < -0.4 is 0 Å². The van der Waals surface area contributed by atoms with Crippen molar-refractivity contribution in [2.45, 2.75) is 17.7 Å². The number of hydrogen-bond acceptors (Lipinski definition) is 5. The molecule has 0 bridgehead atoms. The normalized spacial score (nSPS) is 23.4. The molecule has 0 saturated carbocycles. The Balaban J connectivity index is 1.93. The highest BCUT2D eigenvalue weighted by molar-refractivity contribution is 7.90. The van der Waals surface area contributed by atoms with E-state index >= 15 is 0 Å². The molecule has 112 valence electrons. The minimum atomic E-state index is -3.62. The predicted octanol–water partition coefficient (Wildman–Crippen LogP) is 1.02. The molecule has 1 aromatic carbocycles. The summed E-state index contributed by atoms with van der Waals surface area (Å²) in [6.07, 6.45) is 1.56. The quantitative estimate of drug-likeness (QED) is 0.724. The van der Waals surface area contributed by atoms with Crippen LogP contribution in [0.1, 0.15) is 18.4 Å². The second kappa shape index (κ2) is 5.14. The monoisotopic (exact) mass is 308 g/mol. The number of carbonyl (C=O) groups is 1. The highest BCUT2D eigenvalue weighted by atomic mass is 32.2. The maximum absolute atomic E-state index is 12.1. The van der Waals surface area contributed by atoms with Crippen molar-refractivity contribution in [1.82, 2.24) is 4.90 Å². The first-order valence-electron chi connectivity index (χ1n) is 6.80. The van der Waals surface area contributed by atoms with Crippen molar-refractivity contribution in [3.05, 3.63) is 29.8 Å². The molecule has 0 aliphatic carbocycles. The van der Waals surface area contributed by atoms with Gasteiger partial charge in [-0.3, -0.25) is 4.79 Å². The average molecular weight is 308 g/mol. The van der Waals surface area contributed by atoms with Gasteiger partial charge in [-0.15, -0.1) is 4.40 Å². The summed E-state index contributed by atoms with van der Waals surface area (Å²) in [5.74, 6) is -0.0458. The van der Waals surface area contributed by atoms with Crippen LogP contribution >= 0.6 is 0 Å². The Hall–Kier alpha value is -1.89. The van der Waals surface area contributed by atoms with E-state index in [1.165, 1.54) is 7.11 Å². The van der Waals surface area contributed by atoms with E-state index in [1.807, 2.05) is 4.90 Å². The zero-order chi connectivity index (χ0) is 15.0. The summed E-state index contributed by atoms with van der Waals surface area (Å²) in [4.78, 5) is 13.8. The lowest BCUT2D eigenvalue weighted by Crippen LogP contribution is -2.42. The van der Waals surface area contributed by atoms with Gasteiger partial charge in [-0.25, -0.2) is 0 Å². The minimum absolute atomic E-state index is 0.234. The van der Waals surface area contributed by atoms with Crippen molar-refractivity contribution in [3.63, 3.8) is 0 Å². The lowest BCUT2D eigenvalue weighted by Gasteiger charge is -2.32. The van der Waals surface area contributed by atoms with Gasteiger partial charge in [0.1, 0.15) is 4.90 Å². The van der Waals surface area contributed by atoms with Crippen LogP contribution in [0.2, 0.25) is 0 Å². The topological polar surface area (TPSA) is 76.0 Å². The summed E-state index contributed by atoms with van der Waals surface area (Å²) in [7, 11) is -2.25. The number of ether oxygens (including phenoxy) is 1. The molecule has 0 unspecified atom stereocenters. The molecule has 0 spiro atoms. The van der Waals surface area contributed by atoms with Crippen LogP contribution in [0.3, 0.4) is 0 Å². The Labute approximate surface area is 123 Å². The molecule has 0 aromatic heterocycles. The number of carbonyl (C=O) groups excluding carboxylic acids is 1. The zero-order valence-corrected chi connectivity index (χ0v) is 12.5. The third-order valence-corrected chi connectivity index (χ3v) is 5.19. The number of piperidine rings is 1. The second-order valence-corrected chi connectivity index (χ2v) is 6.77. The number of methoxy groups -OCH3 is 1. The fourth-order valence-electron chi connectivity index (χ4n) is 2.85. The molecule has 0 radical (unpaired) electrons. The number of esters is 1. The number of nitrogens with zero attached hydrogens (tertiary/aromatic N) is 2. The van der Waals surface area contributed by atoms with E-state index < -0.39 is 10.0 Å². The number of rotatable bonds is 1. The van der Waals surface area contributed by atoms with E-state index in [0.29, 0.717) is 24.5 Å². The average Bonchev–Trinajstić information content (AvgIpc) is 2.79. The molecular weight excluding hydrogens is 292 g/mol. The van der Waals surface area contributed by atoms with Crippen LogP contribution in [0.4, 0.5) is 0 Å². The molecule has 2 heterocycles. The summed E-state index contributed by atoms with van der Waals surface area (Å²) < 4.78 is 32.8. The Morgan fingerprint density at radius 1 is 1.38 bits per heavy atom. The third-order valence-electron chi connectivity index (χ3n) is 3.87. The smallest absolute Gasteiger partial charge is 0.310 e. The largest absolute Gasteiger partial charge is 0.469 e. The molecule has 7 heteroatoms. The third kappa shape index (κ3) is 2.42. The molecule has 1 saturated heterocycles.